The minimum absolute atomic E-state index is 0.429. The maximum Gasteiger partial charge on any atom is 0.160 e. The Morgan fingerprint density at radius 1 is 0.840 bits per heavy atom. The van der Waals surface area contributed by atoms with E-state index in [0.717, 1.165) is 41.7 Å². The second-order valence-corrected chi connectivity index (χ2v) is 5.62. The van der Waals surface area contributed by atoms with E-state index in [0.29, 0.717) is 11.4 Å². The van der Waals surface area contributed by atoms with Crippen LogP contribution >= 0.6 is 0 Å². The lowest BCUT2D eigenvalue weighted by Gasteiger charge is -2.02. The van der Waals surface area contributed by atoms with E-state index >= 15 is 0 Å². The molecular weight excluding hydrogens is 318 g/mol. The molecule has 2 nitrogen and oxygen atoms in total. The molecule has 3 rings (SSSR count). The first-order chi connectivity index (χ1) is 12.2. The average molecular weight is 334 g/mol. The van der Waals surface area contributed by atoms with Gasteiger partial charge in [-0.25, -0.2) is 18.7 Å². The molecule has 124 valence electrons. The molecular formula is C21H16F2N2. The van der Waals surface area contributed by atoms with Crippen molar-refractivity contribution in [3.63, 3.8) is 0 Å². The quantitative estimate of drug-likeness (QED) is 0.645. The standard InChI is InChI=1S/C21H16F2N2/c1-2-3-17-13-24-21(25-14-17)18-9-6-15(7-10-18)4-5-16-8-11-19(22)20(23)12-16/h6-14H,2-3H2,1H3. The van der Waals surface area contributed by atoms with Gasteiger partial charge in [-0.15, -0.1) is 0 Å². The van der Waals surface area contributed by atoms with Gasteiger partial charge in [-0.2, -0.15) is 0 Å². The maximum atomic E-state index is 13.2. The van der Waals surface area contributed by atoms with Crippen LogP contribution < -0.4 is 0 Å². The summed E-state index contributed by atoms with van der Waals surface area (Å²) in [6, 6.07) is 11.1. The fourth-order valence-corrected chi connectivity index (χ4v) is 2.34. The Morgan fingerprint density at radius 3 is 2.12 bits per heavy atom. The van der Waals surface area contributed by atoms with Gasteiger partial charge >= 0.3 is 0 Å². The Kier molecular flexibility index (Phi) is 5.15. The number of aromatic nitrogens is 2. The summed E-state index contributed by atoms with van der Waals surface area (Å²) in [5.41, 5.74) is 3.23. The van der Waals surface area contributed by atoms with Crippen molar-refractivity contribution < 1.29 is 8.78 Å². The molecule has 0 amide bonds. The Hall–Kier alpha value is -3.06. The van der Waals surface area contributed by atoms with Crippen molar-refractivity contribution in [3.05, 3.63) is 83.2 Å². The second kappa shape index (κ2) is 7.67. The third kappa shape index (κ3) is 4.27. The molecule has 0 saturated carbocycles. The van der Waals surface area contributed by atoms with Gasteiger partial charge < -0.3 is 0 Å². The van der Waals surface area contributed by atoms with Crippen LogP contribution in [0.3, 0.4) is 0 Å². The first-order valence-electron chi connectivity index (χ1n) is 8.04. The largest absolute Gasteiger partial charge is 0.236 e. The Bertz CT molecular complexity index is 921. The molecule has 1 aromatic heterocycles. The van der Waals surface area contributed by atoms with Gasteiger partial charge in [0.25, 0.3) is 0 Å². The summed E-state index contributed by atoms with van der Waals surface area (Å²) in [4.78, 5) is 8.77. The Balaban J connectivity index is 1.76. The predicted octanol–water partition coefficient (Wildman–Crippen LogP) is 4.77. The fourth-order valence-electron chi connectivity index (χ4n) is 2.34. The molecule has 25 heavy (non-hydrogen) atoms. The van der Waals surface area contributed by atoms with Crippen molar-refractivity contribution in [3.8, 4) is 23.2 Å². The van der Waals surface area contributed by atoms with Crippen LogP contribution in [-0.4, -0.2) is 9.97 Å². The molecule has 3 aromatic rings. The van der Waals surface area contributed by atoms with Crippen LogP contribution in [-0.2, 0) is 6.42 Å². The molecule has 0 atom stereocenters. The topological polar surface area (TPSA) is 25.8 Å². The Morgan fingerprint density at radius 2 is 1.48 bits per heavy atom. The lowest BCUT2D eigenvalue weighted by Crippen LogP contribution is -1.92. The molecule has 0 fully saturated rings. The smallest absolute Gasteiger partial charge is 0.160 e. The lowest BCUT2D eigenvalue weighted by molar-refractivity contribution is 0.508. The van der Waals surface area contributed by atoms with Crippen LogP contribution in [0, 0.1) is 23.5 Å². The van der Waals surface area contributed by atoms with E-state index in [9.17, 15) is 8.78 Å². The summed E-state index contributed by atoms with van der Waals surface area (Å²) >= 11 is 0. The van der Waals surface area contributed by atoms with Crippen LogP contribution in [0.4, 0.5) is 8.78 Å². The van der Waals surface area contributed by atoms with Gasteiger partial charge in [-0.05, 0) is 54.4 Å². The summed E-state index contributed by atoms with van der Waals surface area (Å²) in [5, 5.41) is 0. The van der Waals surface area contributed by atoms with Gasteiger partial charge in [0.1, 0.15) is 0 Å². The molecule has 1 heterocycles. The van der Waals surface area contributed by atoms with Gasteiger partial charge in [-0.3, -0.25) is 0 Å². The molecule has 0 aliphatic heterocycles. The highest BCUT2D eigenvalue weighted by Crippen LogP contribution is 2.15. The van der Waals surface area contributed by atoms with Crippen molar-refractivity contribution in [2.75, 3.05) is 0 Å². The number of rotatable bonds is 3. The van der Waals surface area contributed by atoms with Crippen LogP contribution in [0.25, 0.3) is 11.4 Å². The molecule has 0 saturated heterocycles. The van der Waals surface area contributed by atoms with Gasteiger partial charge in [-0.1, -0.05) is 25.2 Å². The number of benzene rings is 2. The molecule has 0 unspecified atom stereocenters. The van der Waals surface area contributed by atoms with Crippen LogP contribution in [0.2, 0.25) is 0 Å². The summed E-state index contributed by atoms with van der Waals surface area (Å²) < 4.78 is 26.1. The third-order valence-electron chi connectivity index (χ3n) is 3.66. The van der Waals surface area contributed by atoms with Crippen LogP contribution in [0.5, 0.6) is 0 Å². The number of aryl methyl sites for hydroxylation is 1. The van der Waals surface area contributed by atoms with E-state index < -0.39 is 11.6 Å². The van der Waals surface area contributed by atoms with Crippen molar-refractivity contribution in [2.45, 2.75) is 19.8 Å². The summed E-state index contributed by atoms with van der Waals surface area (Å²) in [5.74, 6) is 4.65. The molecule has 0 aliphatic rings. The van der Waals surface area contributed by atoms with Crippen molar-refractivity contribution >= 4 is 0 Å². The SMILES string of the molecule is CCCc1cnc(-c2ccc(C#Cc3ccc(F)c(F)c3)cc2)nc1. The van der Waals surface area contributed by atoms with Gasteiger partial charge in [0, 0.05) is 29.1 Å². The Labute approximate surface area is 145 Å². The summed E-state index contributed by atoms with van der Waals surface area (Å²) in [6.45, 7) is 2.12. The molecule has 0 aliphatic carbocycles. The number of hydrogen-bond donors (Lipinski definition) is 0. The lowest BCUT2D eigenvalue weighted by atomic mass is 10.1. The maximum absolute atomic E-state index is 13.2. The van der Waals surface area contributed by atoms with E-state index in [1.807, 2.05) is 36.7 Å². The zero-order valence-electron chi connectivity index (χ0n) is 13.8. The van der Waals surface area contributed by atoms with E-state index in [1.165, 1.54) is 6.07 Å². The van der Waals surface area contributed by atoms with Gasteiger partial charge in [0.05, 0.1) is 0 Å². The first kappa shape index (κ1) is 16.8. The summed E-state index contributed by atoms with van der Waals surface area (Å²) in [6.07, 6.45) is 5.73. The highest BCUT2D eigenvalue weighted by atomic mass is 19.2. The van der Waals surface area contributed by atoms with Crippen molar-refractivity contribution in [2.24, 2.45) is 0 Å². The minimum Gasteiger partial charge on any atom is -0.236 e. The zero-order chi connectivity index (χ0) is 17.6. The first-order valence-corrected chi connectivity index (χ1v) is 8.04. The highest BCUT2D eigenvalue weighted by molar-refractivity contribution is 5.57. The monoisotopic (exact) mass is 334 g/mol. The molecule has 0 radical (unpaired) electrons. The van der Waals surface area contributed by atoms with E-state index in [-0.39, 0.29) is 0 Å². The van der Waals surface area contributed by atoms with Crippen molar-refractivity contribution in [1.82, 2.24) is 9.97 Å². The molecule has 0 spiro atoms. The van der Waals surface area contributed by atoms with E-state index in [2.05, 4.69) is 28.7 Å². The third-order valence-corrected chi connectivity index (χ3v) is 3.66. The predicted molar refractivity (Wildman–Crippen MR) is 93.8 cm³/mol. The fraction of sp³-hybridized carbons (Fsp3) is 0.143. The number of hydrogen-bond acceptors (Lipinski definition) is 2. The molecule has 2 aromatic carbocycles. The summed E-state index contributed by atoms with van der Waals surface area (Å²) in [7, 11) is 0. The molecule has 4 heteroatoms. The number of nitrogens with zero attached hydrogens (tertiary/aromatic N) is 2. The average Bonchev–Trinajstić information content (AvgIpc) is 2.64. The van der Waals surface area contributed by atoms with Crippen molar-refractivity contribution in [1.29, 1.82) is 0 Å². The minimum atomic E-state index is -0.897. The zero-order valence-corrected chi connectivity index (χ0v) is 13.8. The molecule has 0 bridgehead atoms. The highest BCUT2D eigenvalue weighted by Gasteiger charge is 2.02. The normalized spacial score (nSPS) is 10.2. The van der Waals surface area contributed by atoms with E-state index in [1.54, 1.807) is 0 Å². The van der Waals surface area contributed by atoms with Crippen LogP contribution in [0.15, 0.2) is 54.9 Å². The van der Waals surface area contributed by atoms with Gasteiger partial charge in [0.15, 0.2) is 17.5 Å². The van der Waals surface area contributed by atoms with Crippen LogP contribution in [0.1, 0.15) is 30.0 Å². The second-order valence-electron chi connectivity index (χ2n) is 5.62. The van der Waals surface area contributed by atoms with E-state index in [4.69, 9.17) is 0 Å². The number of halogens is 2. The van der Waals surface area contributed by atoms with Gasteiger partial charge in [0.2, 0.25) is 0 Å². The molecule has 0 N–H and O–H groups in total.